The SMILES string of the molecule is Cc1ccc(N=NN(C)CC(=O)[O-])cc1. The fourth-order valence-electron chi connectivity index (χ4n) is 0.958. The average molecular weight is 206 g/mol. The van der Waals surface area contributed by atoms with Gasteiger partial charge in [0.25, 0.3) is 0 Å². The summed E-state index contributed by atoms with van der Waals surface area (Å²) in [5, 5.41) is 19.0. The van der Waals surface area contributed by atoms with Crippen LogP contribution in [0.2, 0.25) is 0 Å². The highest BCUT2D eigenvalue weighted by Gasteiger charge is 1.93. The van der Waals surface area contributed by atoms with Crippen molar-refractivity contribution in [1.29, 1.82) is 0 Å². The first-order valence-corrected chi connectivity index (χ1v) is 4.47. The topological polar surface area (TPSA) is 68.1 Å². The van der Waals surface area contributed by atoms with Crippen molar-refractivity contribution in [2.75, 3.05) is 13.6 Å². The lowest BCUT2D eigenvalue weighted by Gasteiger charge is -2.10. The van der Waals surface area contributed by atoms with E-state index in [1.165, 1.54) is 12.1 Å². The van der Waals surface area contributed by atoms with Crippen LogP contribution in [0.25, 0.3) is 0 Å². The summed E-state index contributed by atoms with van der Waals surface area (Å²) in [6, 6.07) is 7.44. The van der Waals surface area contributed by atoms with Crippen molar-refractivity contribution in [2.45, 2.75) is 6.92 Å². The van der Waals surface area contributed by atoms with Gasteiger partial charge in [-0.15, -0.1) is 5.11 Å². The monoisotopic (exact) mass is 206 g/mol. The van der Waals surface area contributed by atoms with Gasteiger partial charge in [0.2, 0.25) is 0 Å². The number of aryl methyl sites for hydroxylation is 1. The molecule has 0 amide bonds. The molecule has 0 radical (unpaired) electrons. The summed E-state index contributed by atoms with van der Waals surface area (Å²) in [5.74, 6) is -1.18. The zero-order valence-corrected chi connectivity index (χ0v) is 8.67. The molecule has 0 spiro atoms. The molecule has 0 bridgehead atoms. The van der Waals surface area contributed by atoms with Crippen LogP contribution in [0, 0.1) is 6.92 Å². The third-order valence-corrected chi connectivity index (χ3v) is 1.70. The summed E-state index contributed by atoms with van der Waals surface area (Å²) in [6.07, 6.45) is 0. The Hall–Kier alpha value is -1.91. The molecule has 0 fully saturated rings. The van der Waals surface area contributed by atoms with Crippen molar-refractivity contribution in [2.24, 2.45) is 10.3 Å². The molecule has 0 aliphatic rings. The normalized spacial score (nSPS) is 10.5. The van der Waals surface area contributed by atoms with E-state index in [4.69, 9.17) is 0 Å². The number of rotatable bonds is 4. The number of likely N-dealkylation sites (N-methyl/N-ethyl adjacent to an activating group) is 1. The molecular formula is C10H12N3O2-. The molecule has 0 saturated heterocycles. The largest absolute Gasteiger partial charge is 0.548 e. The van der Waals surface area contributed by atoms with Gasteiger partial charge in [0.15, 0.2) is 0 Å². The second-order valence-corrected chi connectivity index (χ2v) is 3.21. The minimum atomic E-state index is -1.18. The number of carbonyl (C=O) groups is 1. The van der Waals surface area contributed by atoms with E-state index in [-0.39, 0.29) is 6.54 Å². The molecule has 0 unspecified atom stereocenters. The van der Waals surface area contributed by atoms with Crippen molar-refractivity contribution >= 4 is 11.7 Å². The zero-order chi connectivity index (χ0) is 11.3. The molecule has 0 N–H and O–H groups in total. The maximum Gasteiger partial charge on any atom is 0.0874 e. The van der Waals surface area contributed by atoms with Gasteiger partial charge in [-0.25, -0.2) is 0 Å². The lowest BCUT2D eigenvalue weighted by molar-refractivity contribution is -0.306. The molecule has 0 aliphatic heterocycles. The lowest BCUT2D eigenvalue weighted by Crippen LogP contribution is -2.33. The van der Waals surface area contributed by atoms with Crippen LogP contribution in [-0.4, -0.2) is 24.6 Å². The molecule has 0 atom stereocenters. The Kier molecular flexibility index (Phi) is 3.79. The number of carboxylic acids is 1. The fraction of sp³-hybridized carbons (Fsp3) is 0.300. The Bertz CT molecular complexity index is 359. The van der Waals surface area contributed by atoms with Gasteiger partial charge >= 0.3 is 0 Å². The molecule has 5 heteroatoms. The van der Waals surface area contributed by atoms with Crippen molar-refractivity contribution in [3.05, 3.63) is 29.8 Å². The molecule has 0 aromatic heterocycles. The summed E-state index contributed by atoms with van der Waals surface area (Å²) in [6.45, 7) is 1.71. The molecule has 1 rings (SSSR count). The first-order chi connectivity index (χ1) is 7.08. The Morgan fingerprint density at radius 3 is 2.53 bits per heavy atom. The lowest BCUT2D eigenvalue weighted by atomic mass is 10.2. The maximum atomic E-state index is 10.2. The highest BCUT2D eigenvalue weighted by Crippen LogP contribution is 2.12. The van der Waals surface area contributed by atoms with Gasteiger partial charge in [-0.2, -0.15) is 0 Å². The fourth-order valence-corrected chi connectivity index (χ4v) is 0.958. The molecule has 1 aromatic rings. The summed E-state index contributed by atoms with van der Waals surface area (Å²) in [4.78, 5) is 10.2. The van der Waals surface area contributed by atoms with E-state index in [0.29, 0.717) is 5.69 Å². The van der Waals surface area contributed by atoms with Crippen LogP contribution in [0.15, 0.2) is 34.6 Å². The van der Waals surface area contributed by atoms with E-state index < -0.39 is 5.97 Å². The van der Waals surface area contributed by atoms with Gasteiger partial charge in [0.1, 0.15) is 0 Å². The highest BCUT2D eigenvalue weighted by molar-refractivity contribution is 5.66. The molecule has 1 aromatic carbocycles. The predicted octanol–water partition coefficient (Wildman–Crippen LogP) is 0.675. The third kappa shape index (κ3) is 4.21. The van der Waals surface area contributed by atoms with E-state index in [0.717, 1.165) is 5.56 Å². The summed E-state index contributed by atoms with van der Waals surface area (Å²) >= 11 is 0. The van der Waals surface area contributed by atoms with E-state index in [9.17, 15) is 9.90 Å². The van der Waals surface area contributed by atoms with Crippen molar-refractivity contribution < 1.29 is 9.90 Å². The van der Waals surface area contributed by atoms with Crippen LogP contribution in [0.1, 0.15) is 5.56 Å². The van der Waals surface area contributed by atoms with Gasteiger partial charge in [0, 0.05) is 7.05 Å². The quantitative estimate of drug-likeness (QED) is 0.537. The smallest absolute Gasteiger partial charge is 0.0874 e. The molecular weight excluding hydrogens is 194 g/mol. The second kappa shape index (κ2) is 5.09. The standard InChI is InChI=1S/C10H13N3O2/c1-8-3-5-9(6-4-8)11-12-13(2)7-10(14)15/h3-6H,7H2,1-2H3,(H,14,15)/p-1. The molecule has 0 heterocycles. The molecule has 0 saturated carbocycles. The number of hydrogen-bond acceptors (Lipinski definition) is 4. The number of carbonyl (C=O) groups excluding carboxylic acids is 1. The van der Waals surface area contributed by atoms with Crippen molar-refractivity contribution in [3.8, 4) is 0 Å². The number of carboxylic acid groups (broad SMARTS) is 1. The van der Waals surface area contributed by atoms with Gasteiger partial charge in [-0.1, -0.05) is 22.9 Å². The van der Waals surface area contributed by atoms with E-state index >= 15 is 0 Å². The molecule has 5 nitrogen and oxygen atoms in total. The second-order valence-electron chi connectivity index (χ2n) is 3.21. The van der Waals surface area contributed by atoms with E-state index in [1.54, 1.807) is 0 Å². The van der Waals surface area contributed by atoms with Crippen LogP contribution in [0.3, 0.4) is 0 Å². The Morgan fingerprint density at radius 1 is 1.40 bits per heavy atom. The summed E-state index contributed by atoms with van der Waals surface area (Å²) in [5.41, 5.74) is 1.82. The zero-order valence-electron chi connectivity index (χ0n) is 8.67. The maximum absolute atomic E-state index is 10.2. The minimum absolute atomic E-state index is 0.268. The molecule has 15 heavy (non-hydrogen) atoms. The van der Waals surface area contributed by atoms with Gasteiger partial charge in [0.05, 0.1) is 18.2 Å². The number of benzene rings is 1. The average Bonchev–Trinajstić information content (AvgIpc) is 2.16. The highest BCUT2D eigenvalue weighted by atomic mass is 16.4. The number of hydrogen-bond donors (Lipinski definition) is 0. The third-order valence-electron chi connectivity index (χ3n) is 1.70. The number of aliphatic carboxylic acids is 1. The van der Waals surface area contributed by atoms with Gasteiger partial charge < -0.3 is 9.90 Å². The van der Waals surface area contributed by atoms with Crippen LogP contribution in [-0.2, 0) is 4.79 Å². The van der Waals surface area contributed by atoms with Gasteiger partial charge in [-0.3, -0.25) is 5.01 Å². The van der Waals surface area contributed by atoms with Crippen LogP contribution in [0.4, 0.5) is 5.69 Å². The predicted molar refractivity (Wildman–Crippen MR) is 53.3 cm³/mol. The van der Waals surface area contributed by atoms with Crippen LogP contribution >= 0.6 is 0 Å². The van der Waals surface area contributed by atoms with E-state index in [2.05, 4.69) is 10.3 Å². The minimum Gasteiger partial charge on any atom is -0.548 e. The van der Waals surface area contributed by atoms with Crippen LogP contribution < -0.4 is 5.11 Å². The molecule has 80 valence electrons. The van der Waals surface area contributed by atoms with Crippen molar-refractivity contribution in [1.82, 2.24) is 5.01 Å². The first-order valence-electron chi connectivity index (χ1n) is 4.47. The Balaban J connectivity index is 2.57. The first kappa shape index (κ1) is 11.2. The van der Waals surface area contributed by atoms with E-state index in [1.807, 2.05) is 31.2 Å². The number of nitrogens with zero attached hydrogens (tertiary/aromatic N) is 3. The molecule has 0 aliphatic carbocycles. The Morgan fingerprint density at radius 2 is 2.00 bits per heavy atom. The van der Waals surface area contributed by atoms with Crippen LogP contribution in [0.5, 0.6) is 0 Å². The Labute approximate surface area is 88.0 Å². The van der Waals surface area contributed by atoms with Crippen molar-refractivity contribution in [3.63, 3.8) is 0 Å². The summed E-state index contributed by atoms with van der Waals surface area (Å²) < 4.78 is 0. The van der Waals surface area contributed by atoms with Gasteiger partial charge in [-0.05, 0) is 19.1 Å². The summed E-state index contributed by atoms with van der Waals surface area (Å²) in [7, 11) is 1.52.